The van der Waals surface area contributed by atoms with Gasteiger partial charge in [0.15, 0.2) is 0 Å². The summed E-state index contributed by atoms with van der Waals surface area (Å²) in [5, 5.41) is 3.77. The minimum atomic E-state index is -0.434. The minimum Gasteiger partial charge on any atom is -0.379 e. The average molecular weight is 325 g/mol. The summed E-state index contributed by atoms with van der Waals surface area (Å²) in [7, 11) is 2.10. The Labute approximate surface area is 133 Å². The lowest BCUT2D eigenvalue weighted by Crippen LogP contribution is -2.12. The van der Waals surface area contributed by atoms with Crippen molar-refractivity contribution in [3.8, 4) is 0 Å². The van der Waals surface area contributed by atoms with Gasteiger partial charge in [0, 0.05) is 25.8 Å². The lowest BCUT2D eigenvalue weighted by Gasteiger charge is -2.14. The first-order valence-electron chi connectivity index (χ1n) is 6.76. The Bertz CT molecular complexity index is 665. The molecule has 3 rings (SSSR count). The van der Waals surface area contributed by atoms with Crippen molar-refractivity contribution in [3.63, 3.8) is 0 Å². The second kappa shape index (κ2) is 5.74. The fourth-order valence-corrected chi connectivity index (χ4v) is 3.23. The van der Waals surface area contributed by atoms with Crippen LogP contribution in [0.5, 0.6) is 0 Å². The molecule has 0 radical (unpaired) electrons. The number of rotatable bonds is 3. The molecule has 5 heteroatoms. The smallest absolute Gasteiger partial charge is 0.126 e. The average Bonchev–Trinajstić information content (AvgIpc) is 2.79. The van der Waals surface area contributed by atoms with Gasteiger partial charge in [0.05, 0.1) is 15.7 Å². The van der Waals surface area contributed by atoms with E-state index in [0.717, 1.165) is 18.5 Å². The number of nitrogens with one attached hydrogen (secondary N) is 1. The number of benzene rings is 2. The standard InChI is InChI=1S/C16H15Cl2FN2/c1-21-5-4-11-6-10(2-3-15(11)21)9-20-16-13(17)7-12(19)8-14(16)18/h2-3,6-8,20H,4-5,9H2,1H3. The third kappa shape index (κ3) is 2.94. The molecule has 0 spiro atoms. The van der Waals surface area contributed by atoms with Crippen LogP contribution in [0.1, 0.15) is 11.1 Å². The van der Waals surface area contributed by atoms with Crippen molar-refractivity contribution in [1.82, 2.24) is 0 Å². The largest absolute Gasteiger partial charge is 0.379 e. The topological polar surface area (TPSA) is 15.3 Å². The zero-order valence-electron chi connectivity index (χ0n) is 11.6. The van der Waals surface area contributed by atoms with Crippen molar-refractivity contribution < 1.29 is 4.39 Å². The second-order valence-corrected chi connectivity index (χ2v) is 6.05. The summed E-state index contributed by atoms with van der Waals surface area (Å²) in [5.41, 5.74) is 4.36. The van der Waals surface area contributed by atoms with Crippen LogP contribution in [0.25, 0.3) is 0 Å². The van der Waals surface area contributed by atoms with E-state index in [1.54, 1.807) is 0 Å². The maximum atomic E-state index is 13.2. The van der Waals surface area contributed by atoms with Crippen LogP contribution in [0.15, 0.2) is 30.3 Å². The quantitative estimate of drug-likeness (QED) is 0.877. The number of nitrogens with zero attached hydrogens (tertiary/aromatic N) is 1. The van der Waals surface area contributed by atoms with Gasteiger partial charge in [-0.3, -0.25) is 0 Å². The first-order chi connectivity index (χ1) is 10.0. The monoisotopic (exact) mass is 324 g/mol. The molecule has 2 nitrogen and oxygen atoms in total. The van der Waals surface area contributed by atoms with Crippen LogP contribution in [0.2, 0.25) is 10.0 Å². The lowest BCUT2D eigenvalue weighted by molar-refractivity contribution is 0.628. The van der Waals surface area contributed by atoms with Gasteiger partial charge >= 0.3 is 0 Å². The normalized spacial score (nSPS) is 13.4. The van der Waals surface area contributed by atoms with Crippen molar-refractivity contribution in [3.05, 3.63) is 57.3 Å². The van der Waals surface area contributed by atoms with E-state index in [1.807, 2.05) is 0 Å². The Balaban J connectivity index is 1.77. The van der Waals surface area contributed by atoms with E-state index >= 15 is 0 Å². The molecule has 0 unspecified atom stereocenters. The zero-order valence-corrected chi connectivity index (χ0v) is 13.1. The molecule has 0 bridgehead atoms. The van der Waals surface area contributed by atoms with Crippen LogP contribution < -0.4 is 10.2 Å². The SMILES string of the molecule is CN1CCc2cc(CNc3c(Cl)cc(F)cc3Cl)ccc21. The Morgan fingerprint density at radius 1 is 1.19 bits per heavy atom. The highest BCUT2D eigenvalue weighted by Gasteiger charge is 2.15. The van der Waals surface area contributed by atoms with Crippen molar-refractivity contribution in [2.24, 2.45) is 0 Å². The van der Waals surface area contributed by atoms with Crippen LogP contribution >= 0.6 is 23.2 Å². The van der Waals surface area contributed by atoms with Crippen LogP contribution in [-0.4, -0.2) is 13.6 Å². The van der Waals surface area contributed by atoms with Crippen LogP contribution in [0.3, 0.4) is 0 Å². The Morgan fingerprint density at radius 2 is 1.90 bits per heavy atom. The maximum absolute atomic E-state index is 13.2. The number of anilines is 2. The third-order valence-electron chi connectivity index (χ3n) is 3.75. The molecular weight excluding hydrogens is 310 g/mol. The van der Waals surface area contributed by atoms with Crippen molar-refractivity contribution in [2.45, 2.75) is 13.0 Å². The summed E-state index contributed by atoms with van der Waals surface area (Å²) >= 11 is 12.0. The minimum absolute atomic E-state index is 0.292. The summed E-state index contributed by atoms with van der Waals surface area (Å²) in [4.78, 5) is 2.25. The van der Waals surface area contributed by atoms with Crippen molar-refractivity contribution >= 4 is 34.6 Å². The van der Waals surface area contributed by atoms with Gasteiger partial charge in [-0.1, -0.05) is 35.3 Å². The second-order valence-electron chi connectivity index (χ2n) is 5.23. The van der Waals surface area contributed by atoms with E-state index in [2.05, 4.69) is 35.5 Å². The molecule has 21 heavy (non-hydrogen) atoms. The van der Waals surface area contributed by atoms with Crippen molar-refractivity contribution in [1.29, 1.82) is 0 Å². The van der Waals surface area contributed by atoms with Gasteiger partial charge in [0.25, 0.3) is 0 Å². The van der Waals surface area contributed by atoms with E-state index < -0.39 is 5.82 Å². The highest BCUT2D eigenvalue weighted by molar-refractivity contribution is 6.39. The fourth-order valence-electron chi connectivity index (χ4n) is 2.63. The molecule has 0 saturated carbocycles. The van der Waals surface area contributed by atoms with Gasteiger partial charge in [-0.2, -0.15) is 0 Å². The van der Waals surface area contributed by atoms with Gasteiger partial charge in [0.2, 0.25) is 0 Å². The molecule has 1 N–H and O–H groups in total. The van der Waals surface area contributed by atoms with Gasteiger partial charge in [-0.15, -0.1) is 0 Å². The fraction of sp³-hybridized carbons (Fsp3) is 0.250. The molecule has 0 amide bonds. The number of hydrogen-bond acceptors (Lipinski definition) is 2. The van der Waals surface area contributed by atoms with E-state index in [4.69, 9.17) is 23.2 Å². The van der Waals surface area contributed by atoms with E-state index in [1.165, 1.54) is 23.4 Å². The summed E-state index contributed by atoms with van der Waals surface area (Å²) < 4.78 is 13.2. The van der Waals surface area contributed by atoms with E-state index in [-0.39, 0.29) is 0 Å². The molecule has 1 heterocycles. The van der Waals surface area contributed by atoms with E-state index in [9.17, 15) is 4.39 Å². The molecule has 2 aromatic carbocycles. The predicted octanol–water partition coefficient (Wildman–Crippen LogP) is 4.74. The van der Waals surface area contributed by atoms with Crippen LogP contribution in [0.4, 0.5) is 15.8 Å². The lowest BCUT2D eigenvalue weighted by atomic mass is 10.1. The van der Waals surface area contributed by atoms with Crippen LogP contribution in [0, 0.1) is 5.82 Å². The molecule has 0 saturated heterocycles. The number of hydrogen-bond donors (Lipinski definition) is 1. The molecule has 0 aromatic heterocycles. The first-order valence-corrected chi connectivity index (χ1v) is 7.51. The Morgan fingerprint density at radius 3 is 2.62 bits per heavy atom. The summed E-state index contributed by atoms with van der Waals surface area (Å²) in [6.45, 7) is 1.66. The Hall–Kier alpha value is -1.45. The highest BCUT2D eigenvalue weighted by atomic mass is 35.5. The predicted molar refractivity (Wildman–Crippen MR) is 87.2 cm³/mol. The molecule has 1 aliphatic rings. The van der Waals surface area contributed by atoms with Gasteiger partial charge in [-0.25, -0.2) is 4.39 Å². The summed E-state index contributed by atoms with van der Waals surface area (Å²) in [6, 6.07) is 8.92. The molecular formula is C16H15Cl2FN2. The number of likely N-dealkylation sites (N-methyl/N-ethyl adjacent to an activating group) is 1. The third-order valence-corrected chi connectivity index (χ3v) is 4.34. The first kappa shape index (κ1) is 14.5. The van der Waals surface area contributed by atoms with Crippen molar-refractivity contribution in [2.75, 3.05) is 23.8 Å². The van der Waals surface area contributed by atoms with Crippen LogP contribution in [-0.2, 0) is 13.0 Å². The van der Waals surface area contributed by atoms with E-state index in [0.29, 0.717) is 22.3 Å². The molecule has 0 fully saturated rings. The molecule has 0 aliphatic carbocycles. The molecule has 1 aliphatic heterocycles. The molecule has 110 valence electrons. The number of fused-ring (bicyclic) bond motifs is 1. The zero-order chi connectivity index (χ0) is 15.0. The molecule has 0 atom stereocenters. The summed E-state index contributed by atoms with van der Waals surface area (Å²) in [6.07, 6.45) is 1.07. The molecule has 2 aromatic rings. The Kier molecular flexibility index (Phi) is 3.96. The maximum Gasteiger partial charge on any atom is 0.126 e. The number of halogens is 3. The summed E-state index contributed by atoms with van der Waals surface area (Å²) in [5.74, 6) is -0.434. The van der Waals surface area contributed by atoms with Gasteiger partial charge in [0.1, 0.15) is 5.82 Å². The highest BCUT2D eigenvalue weighted by Crippen LogP contribution is 2.32. The van der Waals surface area contributed by atoms with Gasteiger partial charge < -0.3 is 10.2 Å². The van der Waals surface area contributed by atoms with Gasteiger partial charge in [-0.05, 0) is 35.7 Å².